The van der Waals surface area contributed by atoms with E-state index in [-0.39, 0.29) is 13.2 Å². The predicted molar refractivity (Wildman–Crippen MR) is 116 cm³/mol. The van der Waals surface area contributed by atoms with Crippen LogP contribution in [0.3, 0.4) is 0 Å². The van der Waals surface area contributed by atoms with Crippen LogP contribution in [0.1, 0.15) is 6.92 Å². The fourth-order valence-electron chi connectivity index (χ4n) is 3.14. The minimum absolute atomic E-state index is 0.216. The number of fused-ring (bicyclic) bond motifs is 1. The Morgan fingerprint density at radius 2 is 1.74 bits per heavy atom. The molecule has 1 atom stereocenters. The van der Waals surface area contributed by atoms with Gasteiger partial charge in [0, 0.05) is 6.07 Å². The second-order valence-electron chi connectivity index (χ2n) is 6.88. The van der Waals surface area contributed by atoms with Gasteiger partial charge in [-0.3, -0.25) is 9.10 Å². The summed E-state index contributed by atoms with van der Waals surface area (Å²) < 4.78 is 47.6. The zero-order chi connectivity index (χ0) is 22.4. The van der Waals surface area contributed by atoms with Gasteiger partial charge in [-0.05, 0) is 43.3 Å². The minimum Gasteiger partial charge on any atom is -0.497 e. The van der Waals surface area contributed by atoms with Crippen molar-refractivity contribution in [2.75, 3.05) is 44.0 Å². The molecule has 0 fully saturated rings. The Morgan fingerprint density at radius 1 is 1.10 bits per heavy atom. The summed E-state index contributed by atoms with van der Waals surface area (Å²) in [4.78, 5) is 12.6. The molecular formula is C21H26N2O7S. The molecule has 1 N–H and O–H groups in total. The van der Waals surface area contributed by atoms with E-state index < -0.39 is 22.0 Å². The first kappa shape index (κ1) is 22.5. The lowest BCUT2D eigenvalue weighted by Crippen LogP contribution is -2.48. The molecule has 0 saturated carbocycles. The van der Waals surface area contributed by atoms with Gasteiger partial charge in [-0.1, -0.05) is 0 Å². The molecule has 0 aromatic heterocycles. The first-order chi connectivity index (χ1) is 14.8. The summed E-state index contributed by atoms with van der Waals surface area (Å²) in [6, 6.07) is 10.9. The summed E-state index contributed by atoms with van der Waals surface area (Å²) in [7, 11) is -2.16. The van der Waals surface area contributed by atoms with Crippen molar-refractivity contribution in [2.45, 2.75) is 13.0 Å². The normalized spacial score (nSPS) is 13.8. The largest absolute Gasteiger partial charge is 0.497 e. The zero-order valence-electron chi connectivity index (χ0n) is 17.7. The third kappa shape index (κ3) is 5.72. The van der Waals surface area contributed by atoms with Crippen molar-refractivity contribution in [2.24, 2.45) is 0 Å². The lowest BCUT2D eigenvalue weighted by atomic mass is 10.2. The van der Waals surface area contributed by atoms with E-state index in [1.807, 2.05) is 0 Å². The first-order valence-corrected chi connectivity index (χ1v) is 11.6. The molecule has 31 heavy (non-hydrogen) atoms. The number of rotatable bonds is 9. The number of anilines is 1. The number of ether oxygens (including phenoxy) is 4. The number of carbonyl (C=O) groups is 1. The van der Waals surface area contributed by atoms with Crippen LogP contribution in [0, 0.1) is 0 Å². The number of sulfonamides is 1. The van der Waals surface area contributed by atoms with Gasteiger partial charge in [0.2, 0.25) is 15.9 Å². The second kappa shape index (κ2) is 9.78. The van der Waals surface area contributed by atoms with Crippen LogP contribution in [0.15, 0.2) is 42.5 Å². The molecule has 0 radical (unpaired) electrons. The predicted octanol–water partition coefficient (Wildman–Crippen LogP) is 1.82. The zero-order valence-corrected chi connectivity index (χ0v) is 18.5. The monoisotopic (exact) mass is 450 g/mol. The van der Waals surface area contributed by atoms with Gasteiger partial charge in [0.1, 0.15) is 37.4 Å². The Balaban J connectivity index is 1.61. The second-order valence-corrected chi connectivity index (χ2v) is 8.74. The molecule has 2 aromatic carbocycles. The van der Waals surface area contributed by atoms with E-state index in [4.69, 9.17) is 18.9 Å². The van der Waals surface area contributed by atoms with Gasteiger partial charge in [-0.25, -0.2) is 8.42 Å². The van der Waals surface area contributed by atoms with Crippen LogP contribution >= 0.6 is 0 Å². The Hall–Kier alpha value is -3.14. The molecule has 0 bridgehead atoms. The Bertz CT molecular complexity index is 1010. The quantitative estimate of drug-likeness (QED) is 0.581. The third-order valence-electron chi connectivity index (χ3n) is 4.60. The molecule has 0 spiro atoms. The highest BCUT2D eigenvalue weighted by Crippen LogP contribution is 2.35. The van der Waals surface area contributed by atoms with Gasteiger partial charge in [0.05, 0.1) is 25.6 Å². The first-order valence-electron chi connectivity index (χ1n) is 9.73. The van der Waals surface area contributed by atoms with E-state index in [0.717, 1.165) is 16.3 Å². The van der Waals surface area contributed by atoms with E-state index in [9.17, 15) is 13.2 Å². The number of hydrogen-bond donors (Lipinski definition) is 1. The van der Waals surface area contributed by atoms with Gasteiger partial charge >= 0.3 is 0 Å². The molecule has 2 aromatic rings. The smallest absolute Gasteiger partial charge is 0.243 e. The van der Waals surface area contributed by atoms with Crippen LogP contribution in [-0.2, 0) is 14.8 Å². The topological polar surface area (TPSA) is 103 Å². The lowest BCUT2D eigenvalue weighted by molar-refractivity contribution is -0.121. The van der Waals surface area contributed by atoms with Crippen molar-refractivity contribution < 1.29 is 32.2 Å². The molecule has 10 heteroatoms. The Morgan fingerprint density at radius 3 is 2.39 bits per heavy atom. The molecule has 1 amide bonds. The fraction of sp³-hybridized carbons (Fsp3) is 0.381. The van der Waals surface area contributed by atoms with Crippen LogP contribution < -0.4 is 28.6 Å². The van der Waals surface area contributed by atoms with Crippen LogP contribution in [0.4, 0.5) is 5.69 Å². The average molecular weight is 451 g/mol. The van der Waals surface area contributed by atoms with E-state index in [1.54, 1.807) is 49.6 Å². The molecule has 1 heterocycles. The number of carbonyl (C=O) groups excluding carboxylic acids is 1. The molecule has 1 aliphatic heterocycles. The summed E-state index contributed by atoms with van der Waals surface area (Å²) in [6.07, 6.45) is 1.06. The summed E-state index contributed by atoms with van der Waals surface area (Å²) >= 11 is 0. The summed E-state index contributed by atoms with van der Waals surface area (Å²) in [5.41, 5.74) is 0.323. The summed E-state index contributed by atoms with van der Waals surface area (Å²) in [5, 5.41) is 2.71. The van der Waals surface area contributed by atoms with E-state index in [0.29, 0.717) is 36.1 Å². The molecule has 1 aliphatic rings. The minimum atomic E-state index is -3.74. The number of hydrogen-bond acceptors (Lipinski definition) is 7. The van der Waals surface area contributed by atoms with Gasteiger partial charge in [0.25, 0.3) is 0 Å². The molecule has 168 valence electrons. The van der Waals surface area contributed by atoms with Crippen LogP contribution in [0.2, 0.25) is 0 Å². The number of benzene rings is 2. The van der Waals surface area contributed by atoms with Crippen molar-refractivity contribution in [1.82, 2.24) is 5.32 Å². The van der Waals surface area contributed by atoms with Gasteiger partial charge in [-0.2, -0.15) is 0 Å². The average Bonchev–Trinajstić information content (AvgIpc) is 2.76. The maximum Gasteiger partial charge on any atom is 0.243 e. The molecule has 0 aliphatic carbocycles. The maximum absolute atomic E-state index is 12.6. The highest BCUT2D eigenvalue weighted by molar-refractivity contribution is 7.92. The Kier molecular flexibility index (Phi) is 7.11. The molecule has 0 saturated heterocycles. The third-order valence-corrected chi connectivity index (χ3v) is 5.84. The summed E-state index contributed by atoms with van der Waals surface area (Å²) in [5.74, 6) is 1.89. The maximum atomic E-state index is 12.6. The van der Waals surface area contributed by atoms with Crippen LogP contribution in [0.5, 0.6) is 23.0 Å². The Labute approximate surface area is 181 Å². The van der Waals surface area contributed by atoms with Crippen molar-refractivity contribution in [3.63, 3.8) is 0 Å². The molecular weight excluding hydrogens is 424 g/mol. The number of methoxy groups -OCH3 is 1. The molecule has 0 unspecified atom stereocenters. The number of nitrogens with one attached hydrogen (secondary N) is 1. The van der Waals surface area contributed by atoms with Crippen molar-refractivity contribution in [3.8, 4) is 23.0 Å². The highest BCUT2D eigenvalue weighted by atomic mass is 32.2. The van der Waals surface area contributed by atoms with E-state index >= 15 is 0 Å². The van der Waals surface area contributed by atoms with E-state index in [2.05, 4.69) is 5.32 Å². The fourth-order valence-corrected chi connectivity index (χ4v) is 4.31. The van der Waals surface area contributed by atoms with Crippen LogP contribution in [0.25, 0.3) is 0 Å². The summed E-state index contributed by atoms with van der Waals surface area (Å²) in [6.45, 7) is 2.78. The van der Waals surface area contributed by atoms with Gasteiger partial charge < -0.3 is 24.3 Å². The van der Waals surface area contributed by atoms with Crippen LogP contribution in [-0.4, -0.2) is 60.1 Å². The van der Waals surface area contributed by atoms with Crippen molar-refractivity contribution >= 4 is 21.6 Å². The number of nitrogens with zero attached hydrogens (tertiary/aromatic N) is 1. The highest BCUT2D eigenvalue weighted by Gasteiger charge is 2.30. The van der Waals surface area contributed by atoms with Crippen molar-refractivity contribution in [1.29, 1.82) is 0 Å². The van der Waals surface area contributed by atoms with E-state index in [1.165, 1.54) is 6.92 Å². The SMILES string of the molecule is COc1ccc(OCCNC(=O)[C@H](C)N(c2ccc3c(c2)OCCO3)S(C)(=O)=O)cc1. The molecule has 9 nitrogen and oxygen atoms in total. The van der Waals surface area contributed by atoms with Crippen molar-refractivity contribution in [3.05, 3.63) is 42.5 Å². The standard InChI is InChI=1S/C21H26N2O7S/c1-15(21(24)22-10-11-28-18-7-5-17(27-2)6-8-18)23(31(3,25)26)16-4-9-19-20(14-16)30-13-12-29-19/h4-9,14-15H,10-13H2,1-3H3,(H,22,24)/t15-/m0/s1. The number of amides is 1. The lowest BCUT2D eigenvalue weighted by Gasteiger charge is -2.29. The van der Waals surface area contributed by atoms with Gasteiger partial charge in [0.15, 0.2) is 11.5 Å². The van der Waals surface area contributed by atoms with Gasteiger partial charge in [-0.15, -0.1) is 0 Å². The molecule has 3 rings (SSSR count).